The van der Waals surface area contributed by atoms with Crippen molar-refractivity contribution in [1.29, 1.82) is 0 Å². The molecule has 3 heterocycles. The van der Waals surface area contributed by atoms with Gasteiger partial charge in [-0.2, -0.15) is 0 Å². The number of β-amino-alcohol motifs (C(OH)–C–C–N with tert-alkyl or cyclic N) is 1. The van der Waals surface area contributed by atoms with Gasteiger partial charge in [-0.3, -0.25) is 9.78 Å². The first-order valence-electron chi connectivity index (χ1n) is 11.8. The fourth-order valence-electron chi connectivity index (χ4n) is 4.75. The van der Waals surface area contributed by atoms with Gasteiger partial charge in [-0.1, -0.05) is 12.1 Å². The summed E-state index contributed by atoms with van der Waals surface area (Å²) < 4.78 is 19.8. The fraction of sp³-hybridized carbons (Fsp3) is 0.385. The summed E-state index contributed by atoms with van der Waals surface area (Å²) in [5.74, 6) is 0.687. The van der Waals surface area contributed by atoms with Crippen LogP contribution < -0.4 is 15.4 Å². The van der Waals surface area contributed by atoms with E-state index >= 15 is 0 Å². The van der Waals surface area contributed by atoms with Crippen molar-refractivity contribution in [3.8, 4) is 5.75 Å². The highest BCUT2D eigenvalue weighted by molar-refractivity contribution is 8.00. The van der Waals surface area contributed by atoms with E-state index in [1.807, 2.05) is 24.3 Å². The first kappa shape index (κ1) is 24.0. The molecule has 0 aliphatic carbocycles. The first-order valence-corrected chi connectivity index (χ1v) is 12.8. The predicted octanol–water partition coefficient (Wildman–Crippen LogP) is 3.71. The maximum atomic E-state index is 14.5. The standard InChI is InChI=1S/C26H29FN4O3S/c1-34-18-10-20-19(3-2-4-22(20)29-13-18)24(32)14-31-7-5-17(6-8-31)28-12-16-9-23-25(11-21(16)27)35-15-26(33)30-23/h2-4,9-11,13,17,24,28,32H,5-8,12,14-15H2,1H3,(H,30,33)/t24-/m0/s1. The number of likely N-dealkylation sites (tertiary alicyclic amines) is 1. The summed E-state index contributed by atoms with van der Waals surface area (Å²) in [6, 6.07) is 11.2. The minimum Gasteiger partial charge on any atom is -0.495 e. The van der Waals surface area contributed by atoms with Gasteiger partial charge in [0.15, 0.2) is 0 Å². The number of nitrogens with one attached hydrogen (secondary N) is 2. The topological polar surface area (TPSA) is 86.7 Å². The summed E-state index contributed by atoms with van der Waals surface area (Å²) in [6.07, 6.45) is 2.88. The van der Waals surface area contributed by atoms with E-state index in [0.717, 1.165) is 47.3 Å². The van der Waals surface area contributed by atoms with Crippen LogP contribution in [0.2, 0.25) is 0 Å². The lowest BCUT2D eigenvalue weighted by molar-refractivity contribution is -0.113. The number of aromatic nitrogens is 1. The Labute approximate surface area is 208 Å². The Morgan fingerprint density at radius 2 is 2.14 bits per heavy atom. The molecule has 9 heteroatoms. The molecule has 2 aromatic carbocycles. The van der Waals surface area contributed by atoms with Crippen LogP contribution in [0.1, 0.15) is 30.1 Å². The van der Waals surface area contributed by atoms with Crippen molar-refractivity contribution in [2.75, 3.05) is 37.8 Å². The van der Waals surface area contributed by atoms with Gasteiger partial charge in [0, 0.05) is 35.0 Å². The molecule has 7 nitrogen and oxygen atoms in total. The molecule has 1 aromatic heterocycles. The highest BCUT2D eigenvalue weighted by atomic mass is 32.2. The van der Waals surface area contributed by atoms with Gasteiger partial charge in [-0.05, 0) is 55.8 Å². The fourth-order valence-corrected chi connectivity index (χ4v) is 5.57. The monoisotopic (exact) mass is 496 g/mol. The molecule has 1 fully saturated rings. The van der Waals surface area contributed by atoms with Crippen LogP contribution in [-0.2, 0) is 11.3 Å². The summed E-state index contributed by atoms with van der Waals surface area (Å²) in [7, 11) is 1.61. The van der Waals surface area contributed by atoms with Gasteiger partial charge in [-0.25, -0.2) is 4.39 Å². The lowest BCUT2D eigenvalue weighted by Crippen LogP contribution is -2.43. The van der Waals surface area contributed by atoms with E-state index in [9.17, 15) is 14.3 Å². The number of hydrogen-bond acceptors (Lipinski definition) is 7. The van der Waals surface area contributed by atoms with Crippen molar-refractivity contribution in [3.63, 3.8) is 0 Å². The molecule has 5 rings (SSSR count). The third-order valence-electron chi connectivity index (χ3n) is 6.71. The molecular weight excluding hydrogens is 467 g/mol. The van der Waals surface area contributed by atoms with Gasteiger partial charge in [0.1, 0.15) is 11.6 Å². The minimum atomic E-state index is -0.630. The molecule has 0 saturated carbocycles. The van der Waals surface area contributed by atoms with Crippen molar-refractivity contribution in [3.05, 3.63) is 59.5 Å². The van der Waals surface area contributed by atoms with Gasteiger partial charge in [0.05, 0.1) is 36.4 Å². The van der Waals surface area contributed by atoms with Crippen LogP contribution in [0, 0.1) is 5.82 Å². The number of ether oxygens (including phenoxy) is 1. The number of amides is 1. The first-order chi connectivity index (χ1) is 17.0. The van der Waals surface area contributed by atoms with Crippen LogP contribution in [0.5, 0.6) is 5.75 Å². The minimum absolute atomic E-state index is 0.0542. The normalized spacial score (nSPS) is 17.7. The SMILES string of the molecule is COc1cnc2cccc([C@@H](O)CN3CCC(NCc4cc5c(cc4F)SCC(=O)N5)CC3)c2c1. The molecular formula is C26H29FN4O3S. The molecule has 0 bridgehead atoms. The van der Waals surface area contributed by atoms with E-state index in [1.165, 1.54) is 17.8 Å². The van der Waals surface area contributed by atoms with Crippen LogP contribution in [-0.4, -0.2) is 59.4 Å². The summed E-state index contributed by atoms with van der Waals surface area (Å²) in [5.41, 5.74) is 2.93. The lowest BCUT2D eigenvalue weighted by Gasteiger charge is -2.34. The number of halogens is 1. The number of thioether (sulfide) groups is 1. The molecule has 0 radical (unpaired) electrons. The molecule has 1 amide bonds. The van der Waals surface area contributed by atoms with E-state index in [1.54, 1.807) is 19.4 Å². The number of aliphatic hydroxyl groups is 1. The molecule has 1 saturated heterocycles. The second-order valence-corrected chi connectivity index (χ2v) is 10.1. The van der Waals surface area contributed by atoms with E-state index in [2.05, 4.69) is 20.5 Å². The Morgan fingerprint density at radius 3 is 2.94 bits per heavy atom. The molecule has 35 heavy (non-hydrogen) atoms. The molecule has 2 aliphatic heterocycles. The number of carbonyl (C=O) groups is 1. The molecule has 0 spiro atoms. The Hall–Kier alpha value is -2.72. The largest absolute Gasteiger partial charge is 0.495 e. The van der Waals surface area contributed by atoms with Crippen LogP contribution in [0.15, 0.2) is 47.5 Å². The van der Waals surface area contributed by atoms with Gasteiger partial charge < -0.3 is 25.4 Å². The second kappa shape index (κ2) is 10.5. The zero-order valence-electron chi connectivity index (χ0n) is 19.6. The highest BCUT2D eigenvalue weighted by Crippen LogP contribution is 2.33. The van der Waals surface area contributed by atoms with Gasteiger partial charge >= 0.3 is 0 Å². The van der Waals surface area contributed by atoms with E-state index in [-0.39, 0.29) is 17.8 Å². The number of anilines is 1. The molecule has 3 N–H and O–H groups in total. The smallest absolute Gasteiger partial charge is 0.234 e. The number of methoxy groups -OCH3 is 1. The van der Waals surface area contributed by atoms with Crippen LogP contribution >= 0.6 is 11.8 Å². The maximum absolute atomic E-state index is 14.5. The number of pyridine rings is 1. The van der Waals surface area contributed by atoms with Gasteiger partial charge in [0.2, 0.25) is 5.91 Å². The number of rotatable bonds is 7. The van der Waals surface area contributed by atoms with E-state index in [4.69, 9.17) is 4.74 Å². The molecule has 1 atom stereocenters. The van der Waals surface area contributed by atoms with Crippen molar-refractivity contribution in [1.82, 2.24) is 15.2 Å². The average molecular weight is 497 g/mol. The van der Waals surface area contributed by atoms with E-state index in [0.29, 0.717) is 35.8 Å². The summed E-state index contributed by atoms with van der Waals surface area (Å²) in [5, 5.41) is 18.2. The number of carbonyl (C=O) groups excluding carboxylic acids is 1. The number of benzene rings is 2. The van der Waals surface area contributed by atoms with Crippen LogP contribution in [0.4, 0.5) is 10.1 Å². The molecule has 0 unspecified atom stereocenters. The molecule has 184 valence electrons. The number of piperidine rings is 1. The third kappa shape index (κ3) is 5.43. The van der Waals surface area contributed by atoms with Crippen molar-refractivity contribution < 1.29 is 19.0 Å². The van der Waals surface area contributed by atoms with Crippen LogP contribution in [0.3, 0.4) is 0 Å². The summed E-state index contributed by atoms with van der Waals surface area (Å²) in [6.45, 7) is 2.65. The molecule has 3 aromatic rings. The second-order valence-electron chi connectivity index (χ2n) is 9.04. The summed E-state index contributed by atoms with van der Waals surface area (Å²) >= 11 is 1.36. The predicted molar refractivity (Wildman–Crippen MR) is 135 cm³/mol. The van der Waals surface area contributed by atoms with Crippen LogP contribution in [0.25, 0.3) is 10.9 Å². The molecule has 2 aliphatic rings. The van der Waals surface area contributed by atoms with Gasteiger partial charge in [-0.15, -0.1) is 11.8 Å². The average Bonchev–Trinajstić information content (AvgIpc) is 2.87. The summed E-state index contributed by atoms with van der Waals surface area (Å²) in [4.78, 5) is 19.1. The Balaban J connectivity index is 1.16. The Bertz CT molecular complexity index is 1230. The Kier molecular flexibility index (Phi) is 7.19. The number of aliphatic hydroxyl groups excluding tert-OH is 1. The van der Waals surface area contributed by atoms with Crippen molar-refractivity contribution in [2.24, 2.45) is 0 Å². The maximum Gasteiger partial charge on any atom is 0.234 e. The van der Waals surface area contributed by atoms with E-state index < -0.39 is 6.10 Å². The third-order valence-corrected chi connectivity index (χ3v) is 7.77. The lowest BCUT2D eigenvalue weighted by atomic mass is 10.0. The quantitative estimate of drug-likeness (QED) is 0.460. The highest BCUT2D eigenvalue weighted by Gasteiger charge is 2.23. The Morgan fingerprint density at radius 1 is 1.31 bits per heavy atom. The van der Waals surface area contributed by atoms with Gasteiger partial charge in [0.25, 0.3) is 0 Å². The van der Waals surface area contributed by atoms with Crippen molar-refractivity contribution in [2.45, 2.75) is 36.4 Å². The zero-order valence-corrected chi connectivity index (χ0v) is 20.4. The number of nitrogens with zero attached hydrogens (tertiary/aromatic N) is 2. The van der Waals surface area contributed by atoms with Crippen molar-refractivity contribution >= 4 is 34.3 Å². The number of fused-ring (bicyclic) bond motifs is 2. The zero-order chi connectivity index (χ0) is 24.4. The number of hydrogen-bond donors (Lipinski definition) is 3.